The Bertz CT molecular complexity index is 397. The van der Waals surface area contributed by atoms with Gasteiger partial charge in [-0.15, -0.1) is 0 Å². The number of piperazine rings is 1. The molecular formula is C11H14ClN3O. The SMILES string of the molecule is C[C@@H]1CNCCN1C(=O)c1ccncc1Cl. The smallest absolute Gasteiger partial charge is 0.255 e. The van der Waals surface area contributed by atoms with Crippen LogP contribution in [0.4, 0.5) is 0 Å². The van der Waals surface area contributed by atoms with Crippen LogP contribution in [0.25, 0.3) is 0 Å². The van der Waals surface area contributed by atoms with Crippen molar-refractivity contribution in [3.05, 3.63) is 29.0 Å². The van der Waals surface area contributed by atoms with Crippen LogP contribution in [0, 0.1) is 0 Å². The highest BCUT2D eigenvalue weighted by atomic mass is 35.5. The van der Waals surface area contributed by atoms with Crippen LogP contribution in [0.1, 0.15) is 17.3 Å². The molecule has 0 bridgehead atoms. The summed E-state index contributed by atoms with van der Waals surface area (Å²) in [5.74, 6) is -0.0126. The Hall–Kier alpha value is -1.13. The van der Waals surface area contributed by atoms with Gasteiger partial charge in [0.1, 0.15) is 0 Å². The highest BCUT2D eigenvalue weighted by molar-refractivity contribution is 6.33. The van der Waals surface area contributed by atoms with E-state index in [1.165, 1.54) is 6.20 Å². The number of hydrogen-bond acceptors (Lipinski definition) is 3. The number of nitrogens with one attached hydrogen (secondary N) is 1. The predicted molar refractivity (Wildman–Crippen MR) is 62.6 cm³/mol. The molecular weight excluding hydrogens is 226 g/mol. The number of nitrogens with zero attached hydrogens (tertiary/aromatic N) is 2. The third-order valence-corrected chi connectivity index (χ3v) is 3.07. The van der Waals surface area contributed by atoms with Gasteiger partial charge in [-0.1, -0.05) is 11.6 Å². The fraction of sp³-hybridized carbons (Fsp3) is 0.455. The molecule has 0 radical (unpaired) electrons. The molecule has 1 fully saturated rings. The second-order valence-electron chi connectivity index (χ2n) is 3.91. The molecule has 1 atom stereocenters. The van der Waals surface area contributed by atoms with Gasteiger partial charge in [0.2, 0.25) is 0 Å². The number of pyridine rings is 1. The molecule has 1 amide bonds. The molecule has 1 aromatic rings. The first-order chi connectivity index (χ1) is 7.70. The lowest BCUT2D eigenvalue weighted by molar-refractivity contribution is 0.0656. The van der Waals surface area contributed by atoms with E-state index >= 15 is 0 Å². The Morgan fingerprint density at radius 2 is 2.50 bits per heavy atom. The van der Waals surface area contributed by atoms with Crippen LogP contribution in [-0.4, -0.2) is 41.5 Å². The first kappa shape index (κ1) is 11.4. The van der Waals surface area contributed by atoms with Crippen molar-refractivity contribution in [2.24, 2.45) is 0 Å². The molecule has 1 aliphatic heterocycles. The van der Waals surface area contributed by atoms with Crippen LogP contribution in [-0.2, 0) is 0 Å². The number of aromatic nitrogens is 1. The van der Waals surface area contributed by atoms with Crippen molar-refractivity contribution < 1.29 is 4.79 Å². The topological polar surface area (TPSA) is 45.2 Å². The number of hydrogen-bond donors (Lipinski definition) is 1. The van der Waals surface area contributed by atoms with Gasteiger partial charge in [0.25, 0.3) is 5.91 Å². The first-order valence-electron chi connectivity index (χ1n) is 5.31. The lowest BCUT2D eigenvalue weighted by Crippen LogP contribution is -2.52. The summed E-state index contributed by atoms with van der Waals surface area (Å²) in [4.78, 5) is 17.9. The van der Waals surface area contributed by atoms with E-state index in [4.69, 9.17) is 11.6 Å². The van der Waals surface area contributed by atoms with Gasteiger partial charge in [0, 0.05) is 38.1 Å². The van der Waals surface area contributed by atoms with Crippen LogP contribution in [0.2, 0.25) is 5.02 Å². The van der Waals surface area contributed by atoms with Crippen molar-refractivity contribution in [1.29, 1.82) is 0 Å². The highest BCUT2D eigenvalue weighted by Crippen LogP contribution is 2.17. The van der Waals surface area contributed by atoms with Gasteiger partial charge >= 0.3 is 0 Å². The fourth-order valence-electron chi connectivity index (χ4n) is 1.85. The first-order valence-corrected chi connectivity index (χ1v) is 5.69. The van der Waals surface area contributed by atoms with Gasteiger partial charge in [0.05, 0.1) is 10.6 Å². The Balaban J connectivity index is 2.21. The molecule has 1 saturated heterocycles. The maximum atomic E-state index is 12.2. The fourth-order valence-corrected chi connectivity index (χ4v) is 2.05. The molecule has 2 rings (SSSR count). The van der Waals surface area contributed by atoms with Gasteiger partial charge in [-0.05, 0) is 13.0 Å². The van der Waals surface area contributed by atoms with Crippen LogP contribution in [0.5, 0.6) is 0 Å². The van der Waals surface area contributed by atoms with E-state index < -0.39 is 0 Å². The van der Waals surface area contributed by atoms with E-state index in [2.05, 4.69) is 10.3 Å². The van der Waals surface area contributed by atoms with E-state index in [9.17, 15) is 4.79 Å². The van der Waals surface area contributed by atoms with Gasteiger partial charge in [-0.2, -0.15) is 0 Å². The number of carbonyl (C=O) groups is 1. The molecule has 0 saturated carbocycles. The van der Waals surface area contributed by atoms with Crippen molar-refractivity contribution in [2.75, 3.05) is 19.6 Å². The number of halogens is 1. The van der Waals surface area contributed by atoms with Gasteiger partial charge in [-0.3, -0.25) is 9.78 Å². The second kappa shape index (κ2) is 4.80. The largest absolute Gasteiger partial charge is 0.333 e. The maximum Gasteiger partial charge on any atom is 0.255 e. The Labute approximate surface area is 99.6 Å². The molecule has 0 spiro atoms. The van der Waals surface area contributed by atoms with Crippen LogP contribution < -0.4 is 5.32 Å². The average Bonchev–Trinajstić information content (AvgIpc) is 2.29. The number of amides is 1. The lowest BCUT2D eigenvalue weighted by atomic mass is 10.1. The van der Waals surface area contributed by atoms with Gasteiger partial charge in [-0.25, -0.2) is 0 Å². The minimum Gasteiger partial charge on any atom is -0.333 e. The van der Waals surface area contributed by atoms with E-state index in [1.54, 1.807) is 12.3 Å². The van der Waals surface area contributed by atoms with Crippen LogP contribution in [0.3, 0.4) is 0 Å². The normalized spacial score (nSPS) is 20.9. The third-order valence-electron chi connectivity index (χ3n) is 2.77. The number of carbonyl (C=O) groups excluding carboxylic acids is 1. The quantitative estimate of drug-likeness (QED) is 0.800. The molecule has 0 unspecified atom stereocenters. The summed E-state index contributed by atoms with van der Waals surface area (Å²) in [5.41, 5.74) is 0.533. The Morgan fingerprint density at radius 3 is 3.19 bits per heavy atom. The summed E-state index contributed by atoms with van der Waals surface area (Å²) < 4.78 is 0. The van der Waals surface area contributed by atoms with Crippen LogP contribution in [0.15, 0.2) is 18.5 Å². The zero-order chi connectivity index (χ0) is 11.5. The van der Waals surface area contributed by atoms with Crippen LogP contribution >= 0.6 is 11.6 Å². The zero-order valence-electron chi connectivity index (χ0n) is 9.11. The predicted octanol–water partition coefficient (Wildman–Crippen LogP) is 1.17. The molecule has 86 valence electrons. The summed E-state index contributed by atoms with van der Waals surface area (Å²) in [6.07, 6.45) is 3.09. The maximum absolute atomic E-state index is 12.2. The highest BCUT2D eigenvalue weighted by Gasteiger charge is 2.25. The van der Waals surface area contributed by atoms with Crippen molar-refractivity contribution in [3.63, 3.8) is 0 Å². The number of rotatable bonds is 1. The summed E-state index contributed by atoms with van der Waals surface area (Å²) >= 11 is 5.96. The Morgan fingerprint density at radius 1 is 1.69 bits per heavy atom. The lowest BCUT2D eigenvalue weighted by Gasteiger charge is -2.34. The molecule has 1 aliphatic rings. The van der Waals surface area contributed by atoms with Crippen molar-refractivity contribution in [3.8, 4) is 0 Å². The van der Waals surface area contributed by atoms with E-state index in [0.717, 1.165) is 19.6 Å². The zero-order valence-corrected chi connectivity index (χ0v) is 9.87. The van der Waals surface area contributed by atoms with Crippen molar-refractivity contribution >= 4 is 17.5 Å². The molecule has 0 aromatic carbocycles. The van der Waals surface area contributed by atoms with Gasteiger partial charge < -0.3 is 10.2 Å². The molecule has 5 heteroatoms. The average molecular weight is 240 g/mol. The molecule has 16 heavy (non-hydrogen) atoms. The minimum absolute atomic E-state index is 0.0126. The monoisotopic (exact) mass is 239 g/mol. The van der Waals surface area contributed by atoms with E-state index in [0.29, 0.717) is 10.6 Å². The third kappa shape index (κ3) is 2.18. The molecule has 2 heterocycles. The second-order valence-corrected chi connectivity index (χ2v) is 4.31. The van der Waals surface area contributed by atoms with E-state index in [1.807, 2.05) is 11.8 Å². The van der Waals surface area contributed by atoms with Crippen molar-refractivity contribution in [1.82, 2.24) is 15.2 Å². The molecule has 0 aliphatic carbocycles. The molecule has 1 aromatic heterocycles. The summed E-state index contributed by atoms with van der Waals surface area (Å²) in [6.45, 7) is 4.41. The van der Waals surface area contributed by atoms with Crippen molar-refractivity contribution in [2.45, 2.75) is 13.0 Å². The molecule has 1 N–H and O–H groups in total. The van der Waals surface area contributed by atoms with Gasteiger partial charge in [0.15, 0.2) is 0 Å². The minimum atomic E-state index is -0.0126. The Kier molecular flexibility index (Phi) is 3.41. The summed E-state index contributed by atoms with van der Waals surface area (Å²) in [5, 5.41) is 3.66. The summed E-state index contributed by atoms with van der Waals surface area (Å²) in [6, 6.07) is 1.87. The summed E-state index contributed by atoms with van der Waals surface area (Å²) in [7, 11) is 0. The van der Waals surface area contributed by atoms with E-state index in [-0.39, 0.29) is 11.9 Å². The standard InChI is InChI=1S/C11H14ClN3O/c1-8-6-14-4-5-15(8)11(16)9-2-3-13-7-10(9)12/h2-3,7-8,14H,4-6H2,1H3/t8-/m1/s1. The molecule has 4 nitrogen and oxygen atoms in total.